The Kier molecular flexibility index (Phi) is 7.87. The first-order valence-corrected chi connectivity index (χ1v) is 14.5. The maximum atomic E-state index is 14.2. The Hall–Kier alpha value is -3.60. The van der Waals surface area contributed by atoms with Crippen molar-refractivity contribution in [1.29, 1.82) is 0 Å². The largest absolute Gasteiger partial charge is 0.458 e. The standard InChI is InChI=1S/C31H33ClFN5O4/c1-31(2,3)42-29(39)19-5-7-25-27(12-19)38(15-23-9-11-40-23)28(35-25)17-37-10-8-20-14-34-30(36-26(20)16-37)41-18-21-4-6-22(32)13-24(21)33/h4-7,12-14,23H,8-11,15-18H2,1-3H3/t23-/m0/s1. The molecule has 1 saturated heterocycles. The van der Waals surface area contributed by atoms with Crippen molar-refractivity contribution in [1.82, 2.24) is 24.4 Å². The van der Waals surface area contributed by atoms with E-state index in [0.717, 1.165) is 54.1 Å². The van der Waals surface area contributed by atoms with Crippen LogP contribution in [0.5, 0.6) is 6.01 Å². The van der Waals surface area contributed by atoms with Crippen LogP contribution in [0.3, 0.4) is 0 Å². The highest BCUT2D eigenvalue weighted by Crippen LogP contribution is 2.26. The molecule has 0 unspecified atom stereocenters. The summed E-state index contributed by atoms with van der Waals surface area (Å²) in [6, 6.07) is 10.2. The number of halogens is 2. The first-order valence-electron chi connectivity index (χ1n) is 14.1. The average molecular weight is 594 g/mol. The fourth-order valence-corrected chi connectivity index (χ4v) is 5.28. The Bertz CT molecular complexity index is 1630. The number of hydrogen-bond donors (Lipinski definition) is 0. The molecule has 2 aromatic carbocycles. The Morgan fingerprint density at radius 2 is 2.02 bits per heavy atom. The van der Waals surface area contributed by atoms with E-state index in [2.05, 4.69) is 19.4 Å². The van der Waals surface area contributed by atoms with E-state index in [-0.39, 0.29) is 24.7 Å². The normalized spacial score (nSPS) is 17.1. The topological polar surface area (TPSA) is 91.6 Å². The molecule has 2 aliphatic heterocycles. The molecule has 0 aliphatic carbocycles. The third kappa shape index (κ3) is 6.40. The molecule has 42 heavy (non-hydrogen) atoms. The van der Waals surface area contributed by atoms with Gasteiger partial charge in [0.15, 0.2) is 0 Å². The van der Waals surface area contributed by atoms with Gasteiger partial charge in [0.2, 0.25) is 0 Å². The molecule has 9 nitrogen and oxygen atoms in total. The first kappa shape index (κ1) is 28.5. The number of carbonyl (C=O) groups excluding carboxylic acids is 1. The predicted molar refractivity (Wildman–Crippen MR) is 155 cm³/mol. The van der Waals surface area contributed by atoms with Gasteiger partial charge in [-0.15, -0.1) is 0 Å². The molecular weight excluding hydrogens is 561 g/mol. The van der Waals surface area contributed by atoms with Crippen LogP contribution in [-0.4, -0.2) is 55.2 Å². The van der Waals surface area contributed by atoms with Crippen molar-refractivity contribution in [3.63, 3.8) is 0 Å². The summed E-state index contributed by atoms with van der Waals surface area (Å²) < 4.78 is 33.4. The Balaban J connectivity index is 1.20. The number of benzene rings is 2. The fraction of sp³-hybridized carbons (Fsp3) is 0.419. The molecular formula is C31H33ClFN5O4. The fourth-order valence-electron chi connectivity index (χ4n) is 5.12. The molecule has 2 aromatic heterocycles. The van der Waals surface area contributed by atoms with Gasteiger partial charge in [-0.3, -0.25) is 4.90 Å². The lowest BCUT2D eigenvalue weighted by molar-refractivity contribution is -0.0592. The van der Waals surface area contributed by atoms with Crippen molar-refractivity contribution in [2.24, 2.45) is 0 Å². The zero-order valence-electron chi connectivity index (χ0n) is 23.9. The number of aromatic nitrogens is 4. The van der Waals surface area contributed by atoms with E-state index in [1.807, 2.05) is 32.9 Å². The second-order valence-corrected chi connectivity index (χ2v) is 12.2. The lowest BCUT2D eigenvalue weighted by Gasteiger charge is -2.30. The zero-order valence-corrected chi connectivity index (χ0v) is 24.7. The smallest absolute Gasteiger partial charge is 0.338 e. The summed E-state index contributed by atoms with van der Waals surface area (Å²) in [7, 11) is 0. The molecule has 4 aromatic rings. The number of hydrogen-bond acceptors (Lipinski definition) is 8. The lowest BCUT2D eigenvalue weighted by atomic mass is 10.1. The quantitative estimate of drug-likeness (QED) is 0.247. The van der Waals surface area contributed by atoms with Gasteiger partial charge in [-0.05, 0) is 69.5 Å². The molecule has 0 N–H and O–H groups in total. The number of rotatable bonds is 8. The van der Waals surface area contributed by atoms with Gasteiger partial charge in [0, 0.05) is 36.5 Å². The lowest BCUT2D eigenvalue weighted by Crippen LogP contribution is -2.34. The van der Waals surface area contributed by atoms with Crippen LogP contribution in [0.15, 0.2) is 42.6 Å². The van der Waals surface area contributed by atoms with Crippen LogP contribution < -0.4 is 4.74 Å². The molecule has 0 amide bonds. The van der Waals surface area contributed by atoms with E-state index in [1.165, 1.54) is 6.07 Å². The molecule has 220 valence electrons. The predicted octanol–water partition coefficient (Wildman–Crippen LogP) is 5.50. The molecule has 11 heteroatoms. The second kappa shape index (κ2) is 11.6. The highest BCUT2D eigenvalue weighted by Gasteiger charge is 2.26. The number of nitrogens with zero attached hydrogens (tertiary/aromatic N) is 5. The van der Waals surface area contributed by atoms with Crippen LogP contribution in [0.2, 0.25) is 5.02 Å². The van der Waals surface area contributed by atoms with Crippen LogP contribution in [0.25, 0.3) is 11.0 Å². The maximum Gasteiger partial charge on any atom is 0.338 e. The number of fused-ring (bicyclic) bond motifs is 2. The van der Waals surface area contributed by atoms with E-state index in [1.54, 1.807) is 24.4 Å². The Labute approximate surface area is 248 Å². The Morgan fingerprint density at radius 1 is 1.19 bits per heavy atom. The highest BCUT2D eigenvalue weighted by molar-refractivity contribution is 6.30. The molecule has 0 spiro atoms. The summed E-state index contributed by atoms with van der Waals surface area (Å²) in [4.78, 5) is 29.0. The van der Waals surface area contributed by atoms with Gasteiger partial charge < -0.3 is 18.8 Å². The Morgan fingerprint density at radius 3 is 2.76 bits per heavy atom. The van der Waals surface area contributed by atoms with Gasteiger partial charge in [-0.1, -0.05) is 17.7 Å². The minimum Gasteiger partial charge on any atom is -0.458 e. The average Bonchev–Trinajstić information content (AvgIpc) is 3.24. The van der Waals surface area contributed by atoms with Crippen LogP contribution in [-0.2, 0) is 42.1 Å². The number of ether oxygens (including phenoxy) is 3. The van der Waals surface area contributed by atoms with Crippen molar-refractivity contribution >= 4 is 28.6 Å². The molecule has 1 fully saturated rings. The van der Waals surface area contributed by atoms with Crippen molar-refractivity contribution in [3.8, 4) is 6.01 Å². The van der Waals surface area contributed by atoms with Crippen molar-refractivity contribution in [2.45, 2.75) is 71.6 Å². The first-order chi connectivity index (χ1) is 20.1. The molecule has 6 rings (SSSR count). The maximum absolute atomic E-state index is 14.2. The van der Waals surface area contributed by atoms with Crippen LogP contribution in [0.4, 0.5) is 4.39 Å². The summed E-state index contributed by atoms with van der Waals surface area (Å²) in [5.74, 6) is 0.108. The van der Waals surface area contributed by atoms with E-state index >= 15 is 0 Å². The summed E-state index contributed by atoms with van der Waals surface area (Å²) in [5.41, 5.74) is 3.94. The van der Waals surface area contributed by atoms with Crippen LogP contribution in [0, 0.1) is 5.82 Å². The van der Waals surface area contributed by atoms with Crippen LogP contribution in [0.1, 0.15) is 60.2 Å². The van der Waals surface area contributed by atoms with Gasteiger partial charge in [-0.2, -0.15) is 4.98 Å². The van der Waals surface area contributed by atoms with Gasteiger partial charge in [0.05, 0.1) is 41.5 Å². The molecule has 2 aliphatic rings. The third-order valence-corrected chi connectivity index (χ3v) is 7.62. The minimum atomic E-state index is -0.581. The monoisotopic (exact) mass is 593 g/mol. The van der Waals surface area contributed by atoms with Gasteiger partial charge in [0.1, 0.15) is 23.8 Å². The van der Waals surface area contributed by atoms with Gasteiger partial charge >= 0.3 is 12.0 Å². The van der Waals surface area contributed by atoms with Crippen molar-refractivity contribution in [3.05, 3.63) is 81.6 Å². The summed E-state index contributed by atoms with van der Waals surface area (Å²) >= 11 is 5.85. The summed E-state index contributed by atoms with van der Waals surface area (Å²) in [6.45, 7) is 9.00. The molecule has 0 bridgehead atoms. The van der Waals surface area contributed by atoms with Gasteiger partial charge in [-0.25, -0.2) is 19.2 Å². The summed E-state index contributed by atoms with van der Waals surface area (Å²) in [6.07, 6.45) is 3.68. The minimum absolute atomic E-state index is 0.00402. The van der Waals surface area contributed by atoms with E-state index in [9.17, 15) is 9.18 Å². The SMILES string of the molecule is CC(C)(C)OC(=O)c1ccc2nc(CN3CCc4cnc(OCc5ccc(Cl)cc5F)nc4C3)n(C[C@@H]3CCO3)c2c1. The van der Waals surface area contributed by atoms with E-state index in [4.69, 9.17) is 30.8 Å². The molecule has 4 heterocycles. The molecule has 1 atom stereocenters. The third-order valence-electron chi connectivity index (χ3n) is 7.38. The van der Waals surface area contributed by atoms with Crippen molar-refractivity contribution in [2.75, 3.05) is 13.2 Å². The van der Waals surface area contributed by atoms with Crippen LogP contribution >= 0.6 is 11.6 Å². The number of esters is 1. The number of imidazole rings is 1. The van der Waals surface area contributed by atoms with E-state index in [0.29, 0.717) is 35.8 Å². The highest BCUT2D eigenvalue weighted by atomic mass is 35.5. The molecule has 0 radical (unpaired) electrons. The van der Waals surface area contributed by atoms with Crippen molar-refractivity contribution < 1.29 is 23.4 Å². The summed E-state index contributed by atoms with van der Waals surface area (Å²) in [5, 5.41) is 0.332. The second-order valence-electron chi connectivity index (χ2n) is 11.7. The number of carbonyl (C=O) groups is 1. The van der Waals surface area contributed by atoms with E-state index < -0.39 is 11.4 Å². The zero-order chi connectivity index (χ0) is 29.4. The molecule has 0 saturated carbocycles. The van der Waals surface area contributed by atoms with Gasteiger partial charge in [0.25, 0.3) is 0 Å².